The van der Waals surface area contributed by atoms with Crippen LogP contribution in [0.15, 0.2) is 40.8 Å². The van der Waals surface area contributed by atoms with E-state index in [1.165, 1.54) is 13.1 Å². The van der Waals surface area contributed by atoms with Gasteiger partial charge < -0.3 is 20.2 Å². The molecule has 1 heterocycles. The molecule has 0 bridgehead atoms. The molecule has 0 saturated carbocycles. The zero-order valence-corrected chi connectivity index (χ0v) is 13.1. The van der Waals surface area contributed by atoms with Gasteiger partial charge in [0.2, 0.25) is 0 Å². The SMILES string of the molecule is CNC(=O)c1cc(C(=O)NCCO)c([C@@H](C)c2ccccc2)o1. The number of furan rings is 1. The Bertz CT molecular complexity index is 679. The average molecular weight is 316 g/mol. The van der Waals surface area contributed by atoms with Crippen LogP contribution in [0, 0.1) is 0 Å². The van der Waals surface area contributed by atoms with Crippen LogP contribution in [0.2, 0.25) is 0 Å². The maximum absolute atomic E-state index is 12.3. The predicted molar refractivity (Wildman–Crippen MR) is 85.5 cm³/mol. The smallest absolute Gasteiger partial charge is 0.286 e. The number of amides is 2. The van der Waals surface area contributed by atoms with Crippen LogP contribution < -0.4 is 10.6 Å². The monoisotopic (exact) mass is 316 g/mol. The van der Waals surface area contributed by atoms with E-state index in [4.69, 9.17) is 9.52 Å². The Morgan fingerprint density at radius 2 is 1.91 bits per heavy atom. The zero-order valence-electron chi connectivity index (χ0n) is 13.1. The van der Waals surface area contributed by atoms with Crippen molar-refractivity contribution in [2.24, 2.45) is 0 Å². The summed E-state index contributed by atoms with van der Waals surface area (Å²) < 4.78 is 5.65. The highest BCUT2D eigenvalue weighted by atomic mass is 16.4. The molecule has 1 aromatic carbocycles. The number of rotatable bonds is 6. The minimum atomic E-state index is -0.396. The highest BCUT2D eigenvalue weighted by molar-refractivity contribution is 5.99. The fourth-order valence-electron chi connectivity index (χ4n) is 2.30. The Hall–Kier alpha value is -2.60. The van der Waals surface area contributed by atoms with Crippen molar-refractivity contribution in [2.45, 2.75) is 12.8 Å². The molecule has 0 aliphatic rings. The van der Waals surface area contributed by atoms with Crippen LogP contribution in [0.4, 0.5) is 0 Å². The summed E-state index contributed by atoms with van der Waals surface area (Å²) in [6.45, 7) is 1.89. The van der Waals surface area contributed by atoms with Crippen LogP contribution in [0.3, 0.4) is 0 Å². The highest BCUT2D eigenvalue weighted by Crippen LogP contribution is 2.29. The summed E-state index contributed by atoms with van der Waals surface area (Å²) >= 11 is 0. The third-order valence-corrected chi connectivity index (χ3v) is 3.55. The van der Waals surface area contributed by atoms with Crippen molar-refractivity contribution < 1.29 is 19.1 Å². The Kier molecular flexibility index (Phi) is 5.54. The van der Waals surface area contributed by atoms with E-state index in [2.05, 4.69) is 10.6 Å². The van der Waals surface area contributed by atoms with Gasteiger partial charge in [0, 0.05) is 25.6 Å². The minimum Gasteiger partial charge on any atom is -0.454 e. The first-order valence-electron chi connectivity index (χ1n) is 7.38. The molecule has 3 N–H and O–H groups in total. The lowest BCUT2D eigenvalue weighted by Crippen LogP contribution is -2.27. The first-order valence-corrected chi connectivity index (χ1v) is 7.38. The standard InChI is InChI=1S/C17H20N2O4/c1-11(12-6-4-3-5-7-12)15-13(16(21)19-8-9-20)10-14(23-15)17(22)18-2/h3-7,10-11,20H,8-9H2,1-2H3,(H,18,22)(H,19,21)/t11-/m0/s1. The number of aliphatic hydroxyl groups excluding tert-OH is 1. The maximum Gasteiger partial charge on any atom is 0.286 e. The summed E-state index contributed by atoms with van der Waals surface area (Å²) in [7, 11) is 1.50. The molecule has 0 saturated heterocycles. The second-order valence-electron chi connectivity index (χ2n) is 5.08. The van der Waals surface area contributed by atoms with Crippen molar-refractivity contribution >= 4 is 11.8 Å². The molecule has 0 radical (unpaired) electrons. The largest absolute Gasteiger partial charge is 0.454 e. The topological polar surface area (TPSA) is 91.6 Å². The summed E-state index contributed by atoms with van der Waals surface area (Å²) in [5, 5.41) is 13.9. The van der Waals surface area contributed by atoms with Gasteiger partial charge in [-0.25, -0.2) is 0 Å². The van der Waals surface area contributed by atoms with Crippen LogP contribution >= 0.6 is 0 Å². The van der Waals surface area contributed by atoms with Gasteiger partial charge in [-0.15, -0.1) is 0 Å². The van der Waals surface area contributed by atoms with Gasteiger partial charge in [-0.05, 0) is 5.56 Å². The van der Waals surface area contributed by atoms with Crippen molar-refractivity contribution in [3.63, 3.8) is 0 Å². The van der Waals surface area contributed by atoms with E-state index >= 15 is 0 Å². The molecule has 1 aromatic heterocycles. The van der Waals surface area contributed by atoms with E-state index in [-0.39, 0.29) is 30.7 Å². The van der Waals surface area contributed by atoms with Gasteiger partial charge in [0.25, 0.3) is 11.8 Å². The van der Waals surface area contributed by atoms with Gasteiger partial charge >= 0.3 is 0 Å². The molecule has 23 heavy (non-hydrogen) atoms. The third-order valence-electron chi connectivity index (χ3n) is 3.55. The molecular weight excluding hydrogens is 296 g/mol. The van der Waals surface area contributed by atoms with Crippen molar-refractivity contribution in [2.75, 3.05) is 20.2 Å². The number of aliphatic hydroxyl groups is 1. The second-order valence-corrected chi connectivity index (χ2v) is 5.08. The van der Waals surface area contributed by atoms with Crippen molar-refractivity contribution in [3.05, 3.63) is 59.0 Å². The van der Waals surface area contributed by atoms with Crippen molar-refractivity contribution in [1.29, 1.82) is 0 Å². The lowest BCUT2D eigenvalue weighted by molar-refractivity contribution is 0.0927. The molecule has 6 nitrogen and oxygen atoms in total. The van der Waals surface area contributed by atoms with E-state index in [0.29, 0.717) is 11.3 Å². The summed E-state index contributed by atoms with van der Waals surface area (Å²) in [6, 6.07) is 11.0. The fraction of sp³-hybridized carbons (Fsp3) is 0.294. The predicted octanol–water partition coefficient (Wildman–Crippen LogP) is 1.51. The average Bonchev–Trinajstić information content (AvgIpc) is 3.04. The normalized spacial score (nSPS) is 11.8. The molecule has 1 atom stereocenters. The Morgan fingerprint density at radius 1 is 1.22 bits per heavy atom. The van der Waals surface area contributed by atoms with Gasteiger partial charge in [0.05, 0.1) is 12.2 Å². The van der Waals surface area contributed by atoms with Gasteiger partial charge in [0.1, 0.15) is 5.76 Å². The van der Waals surface area contributed by atoms with E-state index in [1.807, 2.05) is 37.3 Å². The van der Waals surface area contributed by atoms with Gasteiger partial charge in [-0.3, -0.25) is 9.59 Å². The Labute approximate surface area is 134 Å². The molecular formula is C17H20N2O4. The van der Waals surface area contributed by atoms with E-state index in [9.17, 15) is 9.59 Å². The number of hydrogen-bond donors (Lipinski definition) is 3. The number of hydrogen-bond acceptors (Lipinski definition) is 4. The highest BCUT2D eigenvalue weighted by Gasteiger charge is 2.25. The van der Waals surface area contributed by atoms with Crippen LogP contribution in [0.1, 0.15) is 45.1 Å². The van der Waals surface area contributed by atoms with Crippen molar-refractivity contribution in [3.8, 4) is 0 Å². The molecule has 0 unspecified atom stereocenters. The summed E-state index contributed by atoms with van der Waals surface area (Å²) in [4.78, 5) is 24.1. The summed E-state index contributed by atoms with van der Waals surface area (Å²) in [5.74, 6) is -0.461. The molecule has 0 aliphatic heterocycles. The molecule has 2 aromatic rings. The molecule has 2 rings (SSSR count). The van der Waals surface area contributed by atoms with Crippen molar-refractivity contribution in [1.82, 2.24) is 10.6 Å². The molecule has 6 heteroatoms. The number of carbonyl (C=O) groups is 2. The summed E-state index contributed by atoms with van der Waals surface area (Å²) in [6.07, 6.45) is 0. The quantitative estimate of drug-likeness (QED) is 0.753. The van der Waals surface area contributed by atoms with Gasteiger partial charge in [-0.1, -0.05) is 37.3 Å². The first kappa shape index (κ1) is 16.8. The van der Waals surface area contributed by atoms with Crippen LogP contribution in [0.5, 0.6) is 0 Å². The summed E-state index contributed by atoms with van der Waals surface area (Å²) in [5.41, 5.74) is 1.27. The Balaban J connectivity index is 2.41. The molecule has 0 aliphatic carbocycles. The molecule has 0 spiro atoms. The van der Waals surface area contributed by atoms with Crippen LogP contribution in [-0.4, -0.2) is 37.1 Å². The van der Waals surface area contributed by atoms with E-state index in [0.717, 1.165) is 5.56 Å². The molecule has 2 amide bonds. The van der Waals surface area contributed by atoms with Gasteiger partial charge in [0.15, 0.2) is 5.76 Å². The van der Waals surface area contributed by atoms with Crippen LogP contribution in [0.25, 0.3) is 0 Å². The van der Waals surface area contributed by atoms with E-state index < -0.39 is 5.91 Å². The molecule has 122 valence electrons. The maximum atomic E-state index is 12.3. The number of carbonyl (C=O) groups excluding carboxylic acids is 2. The fourth-order valence-corrected chi connectivity index (χ4v) is 2.30. The lowest BCUT2D eigenvalue weighted by atomic mass is 9.96. The number of benzene rings is 1. The lowest BCUT2D eigenvalue weighted by Gasteiger charge is -2.11. The first-order chi connectivity index (χ1) is 11.1. The minimum absolute atomic E-state index is 0.0828. The van der Waals surface area contributed by atoms with Crippen LogP contribution in [-0.2, 0) is 0 Å². The second kappa shape index (κ2) is 7.60. The van der Waals surface area contributed by atoms with E-state index in [1.54, 1.807) is 0 Å². The number of nitrogens with one attached hydrogen (secondary N) is 2. The molecule has 0 fully saturated rings. The third kappa shape index (κ3) is 3.78. The zero-order chi connectivity index (χ0) is 16.8. The van der Waals surface area contributed by atoms with Gasteiger partial charge in [-0.2, -0.15) is 0 Å². The Morgan fingerprint density at radius 3 is 2.52 bits per heavy atom.